The highest BCUT2D eigenvalue weighted by Crippen LogP contribution is 2.28. The Kier molecular flexibility index (Phi) is 4.31. The lowest BCUT2D eigenvalue weighted by atomic mass is 10.2. The molecule has 0 radical (unpaired) electrons. The first-order chi connectivity index (χ1) is 9.24. The van der Waals surface area contributed by atoms with Gasteiger partial charge in [-0.3, -0.25) is 4.98 Å². The Balaban J connectivity index is 2.38. The van der Waals surface area contributed by atoms with Crippen LogP contribution in [0.25, 0.3) is 6.08 Å². The number of para-hydroxylation sites is 1. The predicted molar refractivity (Wildman–Crippen MR) is 78.1 cm³/mol. The number of hydrogen-bond acceptors (Lipinski definition) is 3. The fraction of sp³-hybridized carbons (Fsp3) is 0.188. The average molecular weight is 254 g/mol. The van der Waals surface area contributed by atoms with Gasteiger partial charge in [-0.05, 0) is 19.9 Å². The van der Waals surface area contributed by atoms with Gasteiger partial charge in [0.05, 0.1) is 0 Å². The lowest BCUT2D eigenvalue weighted by Crippen LogP contribution is -2.01. The minimum atomic E-state index is 0.411. The molecule has 2 N–H and O–H groups in total. The van der Waals surface area contributed by atoms with E-state index in [4.69, 9.17) is 10.5 Å². The summed E-state index contributed by atoms with van der Waals surface area (Å²) in [5.74, 6) is 1.59. The first kappa shape index (κ1) is 13.3. The molecule has 0 amide bonds. The van der Waals surface area contributed by atoms with E-state index >= 15 is 0 Å². The number of nitrogens with two attached hydrogens (primary N) is 1. The summed E-state index contributed by atoms with van der Waals surface area (Å²) in [4.78, 5) is 4.24. The van der Waals surface area contributed by atoms with Crippen molar-refractivity contribution >= 4 is 6.08 Å². The van der Waals surface area contributed by atoms with Gasteiger partial charge in [-0.25, -0.2) is 0 Å². The van der Waals surface area contributed by atoms with Gasteiger partial charge < -0.3 is 10.5 Å². The van der Waals surface area contributed by atoms with E-state index in [2.05, 4.69) is 4.98 Å². The van der Waals surface area contributed by atoms with Gasteiger partial charge in [0.2, 0.25) is 0 Å². The molecule has 19 heavy (non-hydrogen) atoms. The summed E-state index contributed by atoms with van der Waals surface area (Å²) in [7, 11) is 0. The second kappa shape index (κ2) is 6.16. The van der Waals surface area contributed by atoms with Crippen LogP contribution in [0.3, 0.4) is 0 Å². The van der Waals surface area contributed by atoms with Gasteiger partial charge in [-0.15, -0.1) is 0 Å². The third-order valence-corrected chi connectivity index (χ3v) is 2.79. The number of rotatable bonds is 4. The quantitative estimate of drug-likeness (QED) is 0.905. The van der Waals surface area contributed by atoms with Crippen molar-refractivity contribution in [2.75, 3.05) is 0 Å². The van der Waals surface area contributed by atoms with Crippen LogP contribution in [0.2, 0.25) is 0 Å². The van der Waals surface area contributed by atoms with E-state index in [0.717, 1.165) is 28.3 Å². The molecule has 0 spiro atoms. The van der Waals surface area contributed by atoms with Crippen molar-refractivity contribution in [2.45, 2.75) is 20.4 Å². The predicted octanol–water partition coefficient (Wildman–Crippen LogP) is 3.67. The first-order valence-electron chi connectivity index (χ1n) is 6.29. The Labute approximate surface area is 113 Å². The zero-order valence-corrected chi connectivity index (χ0v) is 11.3. The molecule has 0 aliphatic heterocycles. The monoisotopic (exact) mass is 254 g/mol. The summed E-state index contributed by atoms with van der Waals surface area (Å²) in [5.41, 5.74) is 8.58. The summed E-state index contributed by atoms with van der Waals surface area (Å²) in [6.45, 7) is 4.33. The van der Waals surface area contributed by atoms with Gasteiger partial charge in [0.15, 0.2) is 0 Å². The summed E-state index contributed by atoms with van der Waals surface area (Å²) in [6.07, 6.45) is 5.78. The summed E-state index contributed by atoms with van der Waals surface area (Å²) >= 11 is 0. The smallest absolute Gasteiger partial charge is 0.135 e. The molecule has 1 heterocycles. The fourth-order valence-corrected chi connectivity index (χ4v) is 1.82. The Morgan fingerprint density at radius 3 is 2.79 bits per heavy atom. The highest BCUT2D eigenvalue weighted by atomic mass is 16.5. The average Bonchev–Trinajstić information content (AvgIpc) is 2.42. The number of hydrogen-bond donors (Lipinski definition) is 1. The van der Waals surface area contributed by atoms with Crippen molar-refractivity contribution in [3.05, 3.63) is 59.4 Å². The van der Waals surface area contributed by atoms with Gasteiger partial charge in [0.25, 0.3) is 0 Å². The molecule has 0 fully saturated rings. The second-order valence-corrected chi connectivity index (χ2v) is 4.28. The van der Waals surface area contributed by atoms with E-state index in [1.54, 1.807) is 6.20 Å². The molecule has 98 valence electrons. The lowest BCUT2D eigenvalue weighted by Gasteiger charge is -2.12. The third kappa shape index (κ3) is 3.20. The van der Waals surface area contributed by atoms with Crippen LogP contribution in [0.15, 0.2) is 42.6 Å². The summed E-state index contributed by atoms with van der Waals surface area (Å²) in [6, 6.07) is 9.83. The van der Waals surface area contributed by atoms with Gasteiger partial charge in [0.1, 0.15) is 11.5 Å². The molecule has 0 unspecified atom stereocenters. The normalized spacial score (nSPS) is 10.9. The molecule has 2 aromatic rings. The topological polar surface area (TPSA) is 48.1 Å². The zero-order valence-electron chi connectivity index (χ0n) is 11.3. The summed E-state index contributed by atoms with van der Waals surface area (Å²) < 4.78 is 5.99. The van der Waals surface area contributed by atoms with Gasteiger partial charge in [-0.2, -0.15) is 0 Å². The molecule has 3 nitrogen and oxygen atoms in total. The number of aryl methyl sites for hydroxylation is 1. The lowest BCUT2D eigenvalue weighted by molar-refractivity contribution is 0.473. The van der Waals surface area contributed by atoms with Crippen LogP contribution in [0.1, 0.15) is 23.7 Å². The van der Waals surface area contributed by atoms with E-state index in [-0.39, 0.29) is 0 Å². The second-order valence-electron chi connectivity index (χ2n) is 4.28. The molecule has 0 atom stereocenters. The van der Waals surface area contributed by atoms with Crippen LogP contribution < -0.4 is 10.5 Å². The highest BCUT2D eigenvalue weighted by Gasteiger charge is 2.07. The maximum absolute atomic E-state index is 5.99. The molecular formula is C16H18N2O. The van der Waals surface area contributed by atoms with Gasteiger partial charge >= 0.3 is 0 Å². The van der Waals surface area contributed by atoms with Crippen molar-refractivity contribution in [3.8, 4) is 11.5 Å². The minimum absolute atomic E-state index is 0.411. The van der Waals surface area contributed by atoms with Crippen LogP contribution >= 0.6 is 0 Å². The maximum Gasteiger partial charge on any atom is 0.135 e. The van der Waals surface area contributed by atoms with Crippen LogP contribution in [0.5, 0.6) is 11.5 Å². The molecule has 2 rings (SSSR count). The van der Waals surface area contributed by atoms with Crippen molar-refractivity contribution in [1.29, 1.82) is 0 Å². The van der Waals surface area contributed by atoms with Gasteiger partial charge in [0, 0.05) is 35.6 Å². The number of pyridine rings is 1. The summed E-state index contributed by atoms with van der Waals surface area (Å²) in [5, 5.41) is 0. The number of nitrogens with zero attached hydrogens (tertiary/aromatic N) is 1. The number of ether oxygens (including phenoxy) is 1. The molecule has 0 saturated heterocycles. The van der Waals surface area contributed by atoms with E-state index < -0.39 is 0 Å². The van der Waals surface area contributed by atoms with E-state index in [0.29, 0.717) is 6.54 Å². The van der Waals surface area contributed by atoms with Crippen molar-refractivity contribution in [3.63, 3.8) is 0 Å². The highest BCUT2D eigenvalue weighted by molar-refractivity contribution is 5.58. The molecule has 0 aliphatic carbocycles. The van der Waals surface area contributed by atoms with Crippen LogP contribution in [-0.2, 0) is 6.54 Å². The third-order valence-electron chi connectivity index (χ3n) is 2.79. The Hall–Kier alpha value is -2.13. The van der Waals surface area contributed by atoms with Crippen molar-refractivity contribution in [1.82, 2.24) is 4.98 Å². The zero-order chi connectivity index (χ0) is 13.7. The largest absolute Gasteiger partial charge is 0.456 e. The Bertz CT molecular complexity index is 591. The Morgan fingerprint density at radius 2 is 2.05 bits per heavy atom. The van der Waals surface area contributed by atoms with Gasteiger partial charge in [-0.1, -0.05) is 30.4 Å². The number of allylic oxidation sites excluding steroid dienone is 1. The molecule has 0 bridgehead atoms. The fourth-order valence-electron chi connectivity index (χ4n) is 1.82. The number of benzene rings is 1. The minimum Gasteiger partial charge on any atom is -0.456 e. The molecule has 0 aliphatic rings. The van der Waals surface area contributed by atoms with E-state index in [9.17, 15) is 0 Å². The van der Waals surface area contributed by atoms with E-state index in [1.807, 2.05) is 56.3 Å². The van der Waals surface area contributed by atoms with Crippen LogP contribution in [0.4, 0.5) is 0 Å². The standard InChI is InChI=1S/C16H18N2O/c1-3-6-13-7-4-5-8-15(13)19-16-9-12(2)18-11-14(16)10-17/h3-9,11H,10,17H2,1-2H3/b6-3+. The van der Waals surface area contributed by atoms with Crippen LogP contribution in [-0.4, -0.2) is 4.98 Å². The van der Waals surface area contributed by atoms with Crippen LogP contribution in [0, 0.1) is 6.92 Å². The molecule has 3 heteroatoms. The molecule has 1 aromatic heterocycles. The maximum atomic E-state index is 5.99. The van der Waals surface area contributed by atoms with Crippen molar-refractivity contribution < 1.29 is 4.74 Å². The molecule has 0 saturated carbocycles. The van der Waals surface area contributed by atoms with Crippen molar-refractivity contribution in [2.24, 2.45) is 5.73 Å². The SMILES string of the molecule is C/C=C/c1ccccc1Oc1cc(C)ncc1CN. The molecule has 1 aromatic carbocycles. The first-order valence-corrected chi connectivity index (χ1v) is 6.29. The van der Waals surface area contributed by atoms with E-state index in [1.165, 1.54) is 0 Å². The number of aromatic nitrogens is 1. The Morgan fingerprint density at radius 1 is 1.26 bits per heavy atom. The molecular weight excluding hydrogens is 236 g/mol.